The molecule has 1 aromatic heterocycles. The third kappa shape index (κ3) is 5.13. The van der Waals surface area contributed by atoms with Crippen molar-refractivity contribution >= 4 is 35.8 Å². The third-order valence-corrected chi connectivity index (χ3v) is 6.13. The van der Waals surface area contributed by atoms with Gasteiger partial charge in [0, 0.05) is 18.2 Å². The number of H-pyrrole nitrogens is 1. The second-order valence-corrected chi connectivity index (χ2v) is 8.82. The third-order valence-electron chi connectivity index (χ3n) is 6.13. The first-order chi connectivity index (χ1) is 13.3. The number of hydrogen-bond acceptors (Lipinski definition) is 2. The lowest BCUT2D eigenvalue weighted by Gasteiger charge is -2.34. The first-order valence-corrected chi connectivity index (χ1v) is 9.98. The number of aromatic nitrogens is 2. The number of aromatic amines is 1. The van der Waals surface area contributed by atoms with Gasteiger partial charge in [-0.15, -0.1) is 24.8 Å². The highest BCUT2D eigenvalue weighted by Crippen LogP contribution is 2.35. The van der Waals surface area contributed by atoms with E-state index in [-0.39, 0.29) is 36.9 Å². The molecule has 1 heterocycles. The Kier molecular flexibility index (Phi) is 7.89. The van der Waals surface area contributed by atoms with E-state index in [1.807, 2.05) is 19.1 Å². The van der Waals surface area contributed by atoms with E-state index < -0.39 is 11.6 Å². The SMILES string of the molecule is Cc1cc2[nH]cnc2cc1-c1cc(F)c(CNC2CCC(C)(C)CC2)c(F)c1.Cl.Cl. The van der Waals surface area contributed by atoms with Crippen LogP contribution in [0.4, 0.5) is 8.78 Å². The van der Waals surface area contributed by atoms with Crippen LogP contribution in [0.5, 0.6) is 0 Å². The van der Waals surface area contributed by atoms with E-state index in [9.17, 15) is 8.78 Å². The number of nitrogens with zero attached hydrogens (tertiary/aromatic N) is 1. The Hall–Kier alpha value is -1.69. The van der Waals surface area contributed by atoms with Crippen LogP contribution in [0.3, 0.4) is 0 Å². The second kappa shape index (κ2) is 9.63. The number of benzene rings is 2. The largest absolute Gasteiger partial charge is 0.345 e. The zero-order valence-electron chi connectivity index (χ0n) is 17.5. The number of halogens is 4. The molecule has 0 spiro atoms. The number of imidazole rings is 1. The Morgan fingerprint density at radius 3 is 2.33 bits per heavy atom. The quantitative estimate of drug-likeness (QED) is 0.458. The molecule has 0 aliphatic heterocycles. The highest BCUT2D eigenvalue weighted by molar-refractivity contribution is 5.86. The van der Waals surface area contributed by atoms with Gasteiger partial charge < -0.3 is 10.3 Å². The minimum Gasteiger partial charge on any atom is -0.345 e. The highest BCUT2D eigenvalue weighted by Gasteiger charge is 2.26. The van der Waals surface area contributed by atoms with Crippen molar-refractivity contribution in [2.75, 3.05) is 0 Å². The van der Waals surface area contributed by atoms with E-state index in [1.54, 1.807) is 6.33 Å². The van der Waals surface area contributed by atoms with Crippen LogP contribution < -0.4 is 5.32 Å². The van der Waals surface area contributed by atoms with E-state index in [2.05, 4.69) is 29.1 Å². The van der Waals surface area contributed by atoms with Gasteiger partial charge in [-0.2, -0.15) is 0 Å². The summed E-state index contributed by atoms with van der Waals surface area (Å²) < 4.78 is 29.5. The van der Waals surface area contributed by atoms with Gasteiger partial charge in [-0.25, -0.2) is 13.8 Å². The number of aryl methyl sites for hydroxylation is 1. The molecule has 7 heteroatoms. The van der Waals surface area contributed by atoms with Crippen molar-refractivity contribution in [3.63, 3.8) is 0 Å². The van der Waals surface area contributed by atoms with Crippen molar-refractivity contribution in [3.8, 4) is 11.1 Å². The van der Waals surface area contributed by atoms with Crippen LogP contribution in [0.1, 0.15) is 50.7 Å². The number of hydrogen-bond donors (Lipinski definition) is 2. The van der Waals surface area contributed by atoms with Crippen LogP contribution in [0.15, 0.2) is 30.6 Å². The fourth-order valence-electron chi connectivity index (χ4n) is 4.18. The Balaban J connectivity index is 0.00000160. The number of fused-ring (bicyclic) bond motifs is 1. The van der Waals surface area contributed by atoms with Crippen LogP contribution >= 0.6 is 24.8 Å². The summed E-state index contributed by atoms with van der Waals surface area (Å²) in [6.07, 6.45) is 6.01. The molecule has 1 aliphatic carbocycles. The highest BCUT2D eigenvalue weighted by atomic mass is 35.5. The molecule has 1 fully saturated rings. The lowest BCUT2D eigenvalue weighted by molar-refractivity contribution is 0.205. The molecule has 0 saturated heterocycles. The summed E-state index contributed by atoms with van der Waals surface area (Å²) >= 11 is 0. The molecular formula is C23H29Cl2F2N3. The monoisotopic (exact) mass is 455 g/mol. The maximum absolute atomic E-state index is 14.8. The van der Waals surface area contributed by atoms with Crippen LogP contribution in [-0.4, -0.2) is 16.0 Å². The molecule has 30 heavy (non-hydrogen) atoms. The standard InChI is InChI=1S/C23H27F2N3.2ClH/c1-14-8-21-22(28-13-27-21)11-17(14)15-9-19(24)18(20(25)10-15)12-26-16-4-6-23(2,3)7-5-16;;/h8-11,13,16,26H,4-7,12H2,1-3H3,(H,27,28);2*1H. The van der Waals surface area contributed by atoms with Crippen molar-refractivity contribution in [1.82, 2.24) is 15.3 Å². The molecule has 3 aromatic rings. The van der Waals surface area contributed by atoms with Gasteiger partial charge in [0.2, 0.25) is 0 Å². The molecule has 3 nitrogen and oxygen atoms in total. The summed E-state index contributed by atoms with van der Waals surface area (Å²) in [5, 5.41) is 3.35. The van der Waals surface area contributed by atoms with Crippen molar-refractivity contribution in [3.05, 3.63) is 53.4 Å². The Morgan fingerprint density at radius 2 is 1.70 bits per heavy atom. The molecule has 0 radical (unpaired) electrons. The van der Waals surface area contributed by atoms with Crippen LogP contribution in [-0.2, 0) is 6.54 Å². The molecule has 2 N–H and O–H groups in total. The molecule has 1 saturated carbocycles. The lowest BCUT2D eigenvalue weighted by Crippen LogP contribution is -2.35. The van der Waals surface area contributed by atoms with E-state index in [4.69, 9.17) is 0 Å². The van der Waals surface area contributed by atoms with Gasteiger partial charge in [-0.1, -0.05) is 13.8 Å². The zero-order chi connectivity index (χ0) is 19.9. The summed E-state index contributed by atoms with van der Waals surface area (Å²) in [5.41, 5.74) is 4.49. The predicted molar refractivity (Wildman–Crippen MR) is 124 cm³/mol. The van der Waals surface area contributed by atoms with E-state index in [0.717, 1.165) is 47.8 Å². The summed E-state index contributed by atoms with van der Waals surface area (Å²) in [5.74, 6) is -1.000. The van der Waals surface area contributed by atoms with Crippen LogP contribution in [0, 0.1) is 24.0 Å². The topological polar surface area (TPSA) is 40.7 Å². The summed E-state index contributed by atoms with van der Waals surface area (Å²) in [7, 11) is 0. The fourth-order valence-corrected chi connectivity index (χ4v) is 4.18. The summed E-state index contributed by atoms with van der Waals surface area (Å²) in [4.78, 5) is 7.30. The van der Waals surface area contributed by atoms with Crippen molar-refractivity contribution in [1.29, 1.82) is 0 Å². The van der Waals surface area contributed by atoms with E-state index in [0.29, 0.717) is 17.0 Å². The predicted octanol–water partition coefficient (Wildman–Crippen LogP) is 6.72. The smallest absolute Gasteiger partial charge is 0.131 e. The average molecular weight is 456 g/mol. The van der Waals surface area contributed by atoms with Gasteiger partial charge in [0.1, 0.15) is 11.6 Å². The molecule has 0 amide bonds. The lowest BCUT2D eigenvalue weighted by atomic mass is 9.75. The second-order valence-electron chi connectivity index (χ2n) is 8.82. The van der Waals surface area contributed by atoms with Gasteiger partial charge in [0.25, 0.3) is 0 Å². The van der Waals surface area contributed by atoms with Gasteiger partial charge in [0.05, 0.1) is 17.4 Å². The van der Waals surface area contributed by atoms with Gasteiger partial charge in [0.15, 0.2) is 0 Å². The average Bonchev–Trinajstić information content (AvgIpc) is 3.08. The molecule has 2 aromatic carbocycles. The maximum atomic E-state index is 14.8. The maximum Gasteiger partial charge on any atom is 0.131 e. The zero-order valence-corrected chi connectivity index (χ0v) is 19.2. The van der Waals surface area contributed by atoms with E-state index in [1.165, 1.54) is 12.1 Å². The summed E-state index contributed by atoms with van der Waals surface area (Å²) in [6, 6.07) is 7.02. The van der Waals surface area contributed by atoms with Crippen molar-refractivity contribution in [2.24, 2.45) is 5.41 Å². The van der Waals surface area contributed by atoms with Crippen LogP contribution in [0.25, 0.3) is 22.2 Å². The molecule has 0 bridgehead atoms. The van der Waals surface area contributed by atoms with Crippen molar-refractivity contribution in [2.45, 2.75) is 59.0 Å². The number of nitrogens with one attached hydrogen (secondary N) is 2. The minimum absolute atomic E-state index is 0. The van der Waals surface area contributed by atoms with Crippen LogP contribution in [0.2, 0.25) is 0 Å². The Bertz CT molecular complexity index is 984. The Morgan fingerprint density at radius 1 is 1.07 bits per heavy atom. The molecule has 1 aliphatic rings. The molecule has 4 rings (SSSR count). The van der Waals surface area contributed by atoms with Crippen molar-refractivity contribution < 1.29 is 8.78 Å². The van der Waals surface area contributed by atoms with Gasteiger partial charge >= 0.3 is 0 Å². The van der Waals surface area contributed by atoms with Gasteiger partial charge in [-0.05, 0) is 79.0 Å². The Labute approximate surface area is 188 Å². The fraction of sp³-hybridized carbons (Fsp3) is 0.435. The molecular weight excluding hydrogens is 427 g/mol. The first-order valence-electron chi connectivity index (χ1n) is 9.98. The first kappa shape index (κ1) is 24.6. The molecule has 0 unspecified atom stereocenters. The van der Waals surface area contributed by atoms with E-state index >= 15 is 0 Å². The van der Waals surface area contributed by atoms with Gasteiger partial charge in [-0.3, -0.25) is 0 Å². The summed E-state index contributed by atoms with van der Waals surface area (Å²) in [6.45, 7) is 6.72. The molecule has 164 valence electrons. The normalized spacial score (nSPS) is 16.2. The molecule has 0 atom stereocenters. The number of rotatable bonds is 4. The minimum atomic E-state index is -0.500.